The van der Waals surface area contributed by atoms with Crippen LogP contribution < -0.4 is 0 Å². The van der Waals surface area contributed by atoms with Crippen molar-refractivity contribution in [1.82, 2.24) is 0 Å². The topological polar surface area (TPSA) is 20.2 Å². The Kier molecular flexibility index (Phi) is 2.96. The summed E-state index contributed by atoms with van der Waals surface area (Å²) in [5, 5.41) is 10.6. The van der Waals surface area contributed by atoms with Crippen LogP contribution in [-0.2, 0) is 0 Å². The van der Waals surface area contributed by atoms with Crippen LogP contribution in [0.2, 0.25) is 0 Å². The molecule has 1 fully saturated rings. The Labute approximate surface area is 87.2 Å². The van der Waals surface area contributed by atoms with Crippen molar-refractivity contribution in [2.45, 2.75) is 63.9 Å². The third-order valence-corrected chi connectivity index (χ3v) is 3.89. The maximum absolute atomic E-state index is 10.6. The highest BCUT2D eigenvalue weighted by atomic mass is 16.3. The average molecular weight is 194 g/mol. The summed E-state index contributed by atoms with van der Waals surface area (Å²) in [6, 6.07) is 0. The third kappa shape index (κ3) is 1.88. The molecular weight excluding hydrogens is 172 g/mol. The summed E-state index contributed by atoms with van der Waals surface area (Å²) in [5.74, 6) is 0.580. The Bertz CT molecular complexity index is 227. The van der Waals surface area contributed by atoms with Gasteiger partial charge in [-0.15, -0.1) is 0 Å². The minimum absolute atomic E-state index is 0.426. The highest BCUT2D eigenvalue weighted by molar-refractivity contribution is 5.21. The molecule has 0 spiro atoms. The molecule has 1 heteroatoms. The second-order valence-corrected chi connectivity index (χ2v) is 4.88. The average Bonchev–Trinajstić information content (AvgIpc) is 3.03. The van der Waals surface area contributed by atoms with Crippen molar-refractivity contribution in [3.8, 4) is 0 Å². The van der Waals surface area contributed by atoms with Crippen molar-refractivity contribution >= 4 is 0 Å². The molecule has 0 aromatic rings. The summed E-state index contributed by atoms with van der Waals surface area (Å²) in [5.41, 5.74) is 0.935. The lowest BCUT2D eigenvalue weighted by atomic mass is 9.83. The summed E-state index contributed by atoms with van der Waals surface area (Å²) in [6.45, 7) is 2.13. The second-order valence-electron chi connectivity index (χ2n) is 4.88. The van der Waals surface area contributed by atoms with Gasteiger partial charge in [0, 0.05) is 0 Å². The maximum Gasteiger partial charge on any atom is 0.0882 e. The molecule has 2 aliphatic carbocycles. The van der Waals surface area contributed by atoms with Gasteiger partial charge in [0.2, 0.25) is 0 Å². The Hall–Kier alpha value is -0.300. The van der Waals surface area contributed by atoms with Gasteiger partial charge in [0.15, 0.2) is 0 Å². The van der Waals surface area contributed by atoms with E-state index in [9.17, 15) is 5.11 Å². The first kappa shape index (κ1) is 10.2. The van der Waals surface area contributed by atoms with Gasteiger partial charge in [-0.25, -0.2) is 0 Å². The quantitative estimate of drug-likeness (QED) is 0.682. The zero-order valence-electron chi connectivity index (χ0n) is 9.26. The van der Waals surface area contributed by atoms with E-state index in [1.807, 2.05) is 0 Å². The van der Waals surface area contributed by atoms with Gasteiger partial charge in [0.1, 0.15) is 0 Å². The van der Waals surface area contributed by atoms with E-state index in [0.29, 0.717) is 5.92 Å². The number of allylic oxidation sites excluding steroid dienone is 1. The standard InChI is InChI=1S/C13H22O/c1-2-13(14,12-9-10-12)11-7-5-3-4-6-8-11/h7,12,14H,2-6,8-10H2,1H3. The van der Waals surface area contributed by atoms with Crippen LogP contribution in [0.4, 0.5) is 0 Å². The number of hydrogen-bond donors (Lipinski definition) is 1. The van der Waals surface area contributed by atoms with Crippen LogP contribution in [0.15, 0.2) is 11.6 Å². The summed E-state index contributed by atoms with van der Waals surface area (Å²) in [6.07, 6.45) is 12.0. The van der Waals surface area contributed by atoms with E-state index in [2.05, 4.69) is 13.0 Å². The maximum atomic E-state index is 10.6. The lowest BCUT2D eigenvalue weighted by Crippen LogP contribution is -2.33. The van der Waals surface area contributed by atoms with Crippen LogP contribution in [0, 0.1) is 5.92 Å². The molecule has 1 N–H and O–H groups in total. The molecule has 1 atom stereocenters. The molecule has 0 bridgehead atoms. The first-order valence-electron chi connectivity index (χ1n) is 6.19. The largest absolute Gasteiger partial charge is 0.385 e. The monoisotopic (exact) mass is 194 g/mol. The van der Waals surface area contributed by atoms with E-state index in [0.717, 1.165) is 12.8 Å². The first-order valence-corrected chi connectivity index (χ1v) is 6.19. The molecular formula is C13H22O. The predicted molar refractivity (Wildman–Crippen MR) is 59.1 cm³/mol. The van der Waals surface area contributed by atoms with Crippen molar-refractivity contribution in [3.05, 3.63) is 11.6 Å². The van der Waals surface area contributed by atoms with Gasteiger partial charge in [-0.1, -0.05) is 19.4 Å². The predicted octanol–water partition coefficient (Wildman–Crippen LogP) is 3.43. The fourth-order valence-electron chi connectivity index (χ4n) is 2.75. The zero-order valence-corrected chi connectivity index (χ0v) is 9.26. The molecule has 0 amide bonds. The number of hydrogen-bond acceptors (Lipinski definition) is 1. The summed E-state index contributed by atoms with van der Waals surface area (Å²) in [7, 11) is 0. The van der Waals surface area contributed by atoms with Gasteiger partial charge in [0.25, 0.3) is 0 Å². The Morgan fingerprint density at radius 1 is 1.36 bits per heavy atom. The van der Waals surface area contributed by atoms with Crippen molar-refractivity contribution in [3.63, 3.8) is 0 Å². The van der Waals surface area contributed by atoms with Crippen LogP contribution >= 0.6 is 0 Å². The third-order valence-electron chi connectivity index (χ3n) is 3.89. The highest BCUT2D eigenvalue weighted by Crippen LogP contribution is 2.47. The normalized spacial score (nSPS) is 27.7. The molecule has 1 unspecified atom stereocenters. The van der Waals surface area contributed by atoms with E-state index < -0.39 is 5.60 Å². The Morgan fingerprint density at radius 3 is 2.79 bits per heavy atom. The Balaban J connectivity index is 2.12. The van der Waals surface area contributed by atoms with E-state index >= 15 is 0 Å². The van der Waals surface area contributed by atoms with Gasteiger partial charge in [-0.05, 0) is 56.4 Å². The van der Waals surface area contributed by atoms with Gasteiger partial charge in [-0.2, -0.15) is 0 Å². The van der Waals surface area contributed by atoms with E-state index in [4.69, 9.17) is 0 Å². The number of rotatable bonds is 3. The molecule has 0 heterocycles. The van der Waals surface area contributed by atoms with Crippen molar-refractivity contribution in [2.24, 2.45) is 5.92 Å². The molecule has 14 heavy (non-hydrogen) atoms. The minimum Gasteiger partial charge on any atom is -0.385 e. The van der Waals surface area contributed by atoms with Crippen LogP contribution in [0.25, 0.3) is 0 Å². The molecule has 80 valence electrons. The van der Waals surface area contributed by atoms with Gasteiger partial charge in [0.05, 0.1) is 5.60 Å². The SMILES string of the molecule is CCC(O)(C1=CCCCCC1)C1CC1. The smallest absolute Gasteiger partial charge is 0.0882 e. The van der Waals surface area contributed by atoms with E-state index in [1.54, 1.807) is 0 Å². The summed E-state index contributed by atoms with van der Waals surface area (Å²) >= 11 is 0. The second kappa shape index (κ2) is 4.06. The van der Waals surface area contributed by atoms with E-state index in [1.165, 1.54) is 44.1 Å². The fraction of sp³-hybridized carbons (Fsp3) is 0.846. The first-order chi connectivity index (χ1) is 6.77. The molecule has 0 aliphatic heterocycles. The molecule has 0 aromatic heterocycles. The lowest BCUT2D eigenvalue weighted by molar-refractivity contribution is 0.0473. The summed E-state index contributed by atoms with van der Waals surface area (Å²) in [4.78, 5) is 0. The summed E-state index contributed by atoms with van der Waals surface area (Å²) < 4.78 is 0. The van der Waals surface area contributed by atoms with Crippen molar-refractivity contribution in [1.29, 1.82) is 0 Å². The molecule has 2 aliphatic rings. The molecule has 0 aromatic carbocycles. The van der Waals surface area contributed by atoms with Gasteiger partial charge in [-0.3, -0.25) is 0 Å². The minimum atomic E-state index is -0.426. The van der Waals surface area contributed by atoms with Crippen molar-refractivity contribution < 1.29 is 5.11 Å². The van der Waals surface area contributed by atoms with Gasteiger partial charge < -0.3 is 5.11 Å². The van der Waals surface area contributed by atoms with Crippen LogP contribution in [0.5, 0.6) is 0 Å². The van der Waals surface area contributed by atoms with Crippen LogP contribution in [0.3, 0.4) is 0 Å². The van der Waals surface area contributed by atoms with Crippen LogP contribution in [0.1, 0.15) is 58.3 Å². The molecule has 1 saturated carbocycles. The van der Waals surface area contributed by atoms with Gasteiger partial charge >= 0.3 is 0 Å². The molecule has 1 nitrogen and oxygen atoms in total. The molecule has 2 rings (SSSR count). The molecule has 0 radical (unpaired) electrons. The number of aliphatic hydroxyl groups is 1. The highest BCUT2D eigenvalue weighted by Gasteiger charge is 2.44. The lowest BCUT2D eigenvalue weighted by Gasteiger charge is -2.30. The van der Waals surface area contributed by atoms with Crippen molar-refractivity contribution in [2.75, 3.05) is 0 Å². The molecule has 0 saturated heterocycles. The van der Waals surface area contributed by atoms with Crippen LogP contribution in [-0.4, -0.2) is 10.7 Å². The Morgan fingerprint density at radius 2 is 2.14 bits per heavy atom. The zero-order chi connectivity index (χ0) is 10.0. The van der Waals surface area contributed by atoms with E-state index in [-0.39, 0.29) is 0 Å². The fourth-order valence-corrected chi connectivity index (χ4v) is 2.75.